The monoisotopic (exact) mass is 210 g/mol. The lowest BCUT2D eigenvalue weighted by Gasteiger charge is -2.18. The lowest BCUT2D eigenvalue weighted by molar-refractivity contribution is 0.116. The molecular formula is C14H26O. The average molecular weight is 210 g/mol. The number of hydrogen-bond acceptors (Lipinski definition) is 1. The van der Waals surface area contributed by atoms with Crippen LogP contribution in [0.5, 0.6) is 0 Å². The van der Waals surface area contributed by atoms with Gasteiger partial charge in [-0.3, -0.25) is 0 Å². The summed E-state index contributed by atoms with van der Waals surface area (Å²) in [6, 6.07) is 0. The van der Waals surface area contributed by atoms with Gasteiger partial charge in [-0.25, -0.2) is 0 Å². The van der Waals surface area contributed by atoms with Crippen LogP contribution in [0, 0.1) is 0 Å². The molecule has 1 heterocycles. The molecule has 0 aliphatic carbocycles. The average Bonchev–Trinajstić information content (AvgIpc) is 2.18. The molecule has 0 spiro atoms. The van der Waals surface area contributed by atoms with Gasteiger partial charge in [-0.15, -0.1) is 0 Å². The fourth-order valence-corrected chi connectivity index (χ4v) is 1.92. The third-order valence-corrected chi connectivity index (χ3v) is 3.07. The van der Waals surface area contributed by atoms with Crippen molar-refractivity contribution in [3.05, 3.63) is 11.8 Å². The van der Waals surface area contributed by atoms with E-state index in [0.717, 1.165) is 6.61 Å². The second-order valence-electron chi connectivity index (χ2n) is 4.53. The van der Waals surface area contributed by atoms with E-state index in [1.54, 1.807) is 0 Å². The lowest BCUT2D eigenvalue weighted by Crippen LogP contribution is -2.08. The first-order valence-corrected chi connectivity index (χ1v) is 6.75. The molecule has 0 aromatic carbocycles. The van der Waals surface area contributed by atoms with Crippen LogP contribution in [0.1, 0.15) is 71.1 Å². The molecule has 1 fully saturated rings. The van der Waals surface area contributed by atoms with Crippen LogP contribution in [0.3, 0.4) is 0 Å². The molecule has 0 radical (unpaired) electrons. The van der Waals surface area contributed by atoms with Crippen molar-refractivity contribution in [1.82, 2.24) is 0 Å². The molecule has 1 aliphatic heterocycles. The summed E-state index contributed by atoms with van der Waals surface area (Å²) in [5.41, 5.74) is 0. The molecule has 1 saturated heterocycles. The van der Waals surface area contributed by atoms with Crippen molar-refractivity contribution < 1.29 is 4.74 Å². The Morgan fingerprint density at radius 2 is 1.60 bits per heavy atom. The SMILES string of the molecule is CCCCCCCCCC/C=C1/CCO1. The van der Waals surface area contributed by atoms with Gasteiger partial charge in [-0.1, -0.05) is 51.9 Å². The third kappa shape index (κ3) is 6.59. The molecule has 0 amide bonds. The summed E-state index contributed by atoms with van der Waals surface area (Å²) in [5, 5.41) is 0. The van der Waals surface area contributed by atoms with Crippen molar-refractivity contribution in [2.75, 3.05) is 6.61 Å². The van der Waals surface area contributed by atoms with E-state index in [0.29, 0.717) is 0 Å². The van der Waals surface area contributed by atoms with Gasteiger partial charge in [0.1, 0.15) is 0 Å². The van der Waals surface area contributed by atoms with Crippen molar-refractivity contribution >= 4 is 0 Å². The van der Waals surface area contributed by atoms with Gasteiger partial charge >= 0.3 is 0 Å². The number of unbranched alkanes of at least 4 members (excludes halogenated alkanes) is 8. The minimum atomic E-state index is 0.948. The van der Waals surface area contributed by atoms with Crippen LogP contribution in [0.25, 0.3) is 0 Å². The normalized spacial score (nSPS) is 17.5. The van der Waals surface area contributed by atoms with Crippen molar-refractivity contribution in [3.8, 4) is 0 Å². The smallest absolute Gasteiger partial charge is 0.0954 e. The third-order valence-electron chi connectivity index (χ3n) is 3.07. The van der Waals surface area contributed by atoms with E-state index in [9.17, 15) is 0 Å². The molecule has 0 aromatic heterocycles. The standard InChI is InChI=1S/C14H26O/c1-2-3-4-5-6-7-8-9-10-11-14-12-13-15-14/h11H,2-10,12-13H2,1H3/b14-11-. The Balaban J connectivity index is 1.73. The summed E-state index contributed by atoms with van der Waals surface area (Å²) in [6.45, 7) is 3.22. The first kappa shape index (κ1) is 12.6. The van der Waals surface area contributed by atoms with Crippen molar-refractivity contribution in [3.63, 3.8) is 0 Å². The lowest BCUT2D eigenvalue weighted by atomic mass is 10.1. The second-order valence-corrected chi connectivity index (χ2v) is 4.53. The molecule has 1 nitrogen and oxygen atoms in total. The Labute approximate surface area is 94.9 Å². The number of allylic oxidation sites excluding steroid dienone is 1. The van der Waals surface area contributed by atoms with Gasteiger partial charge in [0.25, 0.3) is 0 Å². The number of rotatable bonds is 9. The zero-order chi connectivity index (χ0) is 10.8. The van der Waals surface area contributed by atoms with Crippen LogP contribution in [0.2, 0.25) is 0 Å². The molecule has 0 bridgehead atoms. The molecule has 0 aromatic rings. The maximum atomic E-state index is 5.26. The van der Waals surface area contributed by atoms with Crippen LogP contribution >= 0.6 is 0 Å². The van der Waals surface area contributed by atoms with Crippen LogP contribution < -0.4 is 0 Å². The Hall–Kier alpha value is -0.460. The zero-order valence-corrected chi connectivity index (χ0v) is 10.3. The Bertz CT molecular complexity index is 166. The number of hydrogen-bond donors (Lipinski definition) is 0. The topological polar surface area (TPSA) is 9.23 Å². The van der Waals surface area contributed by atoms with E-state index in [2.05, 4.69) is 13.0 Å². The molecule has 1 rings (SSSR count). The van der Waals surface area contributed by atoms with Crippen molar-refractivity contribution in [1.29, 1.82) is 0 Å². The van der Waals surface area contributed by atoms with Crippen LogP contribution in [-0.2, 0) is 4.74 Å². The largest absolute Gasteiger partial charge is 0.498 e. The van der Waals surface area contributed by atoms with Crippen LogP contribution in [0.15, 0.2) is 11.8 Å². The minimum Gasteiger partial charge on any atom is -0.498 e. The maximum absolute atomic E-state index is 5.26. The van der Waals surface area contributed by atoms with Crippen molar-refractivity contribution in [2.45, 2.75) is 71.1 Å². The van der Waals surface area contributed by atoms with Crippen LogP contribution in [0.4, 0.5) is 0 Å². The summed E-state index contributed by atoms with van der Waals surface area (Å²) in [6.07, 6.45) is 15.9. The molecule has 0 atom stereocenters. The molecule has 1 aliphatic rings. The Kier molecular flexibility index (Phi) is 7.41. The van der Waals surface area contributed by atoms with Gasteiger partial charge in [0, 0.05) is 6.42 Å². The Morgan fingerprint density at radius 3 is 2.13 bits per heavy atom. The highest BCUT2D eigenvalue weighted by Gasteiger charge is 2.07. The predicted octanol–water partition coefficient (Wildman–Crippen LogP) is 4.82. The maximum Gasteiger partial charge on any atom is 0.0954 e. The molecule has 88 valence electrons. The summed E-state index contributed by atoms with van der Waals surface area (Å²) >= 11 is 0. The number of ether oxygens (including phenoxy) is 1. The van der Waals surface area contributed by atoms with Gasteiger partial charge < -0.3 is 4.74 Å². The molecule has 1 heteroatoms. The first-order chi connectivity index (χ1) is 7.43. The summed E-state index contributed by atoms with van der Waals surface area (Å²) in [7, 11) is 0. The molecule has 0 N–H and O–H groups in total. The minimum absolute atomic E-state index is 0.948. The summed E-state index contributed by atoms with van der Waals surface area (Å²) in [5.74, 6) is 1.23. The summed E-state index contributed by atoms with van der Waals surface area (Å²) in [4.78, 5) is 0. The van der Waals surface area contributed by atoms with Crippen molar-refractivity contribution in [2.24, 2.45) is 0 Å². The molecule has 0 saturated carbocycles. The quantitative estimate of drug-likeness (QED) is 0.496. The van der Waals surface area contributed by atoms with Gasteiger partial charge in [-0.05, 0) is 18.9 Å². The Morgan fingerprint density at radius 1 is 1.00 bits per heavy atom. The molecule has 0 unspecified atom stereocenters. The van der Waals surface area contributed by atoms with Crippen LogP contribution in [-0.4, -0.2) is 6.61 Å². The van der Waals surface area contributed by atoms with Gasteiger partial charge in [-0.2, -0.15) is 0 Å². The van der Waals surface area contributed by atoms with E-state index in [-0.39, 0.29) is 0 Å². The van der Waals surface area contributed by atoms with E-state index in [1.807, 2.05) is 0 Å². The summed E-state index contributed by atoms with van der Waals surface area (Å²) < 4.78 is 5.26. The van der Waals surface area contributed by atoms with Gasteiger partial charge in [0.15, 0.2) is 0 Å². The highest BCUT2D eigenvalue weighted by molar-refractivity contribution is 4.98. The molecule has 15 heavy (non-hydrogen) atoms. The van der Waals surface area contributed by atoms with E-state index in [1.165, 1.54) is 70.0 Å². The van der Waals surface area contributed by atoms with E-state index >= 15 is 0 Å². The van der Waals surface area contributed by atoms with E-state index in [4.69, 9.17) is 4.74 Å². The highest BCUT2D eigenvalue weighted by atomic mass is 16.5. The van der Waals surface area contributed by atoms with E-state index < -0.39 is 0 Å². The van der Waals surface area contributed by atoms with Gasteiger partial charge in [0.05, 0.1) is 12.4 Å². The molecular weight excluding hydrogens is 184 g/mol. The predicted molar refractivity (Wildman–Crippen MR) is 65.9 cm³/mol. The second kappa shape index (κ2) is 8.82. The zero-order valence-electron chi connectivity index (χ0n) is 10.3. The fourth-order valence-electron chi connectivity index (χ4n) is 1.92. The highest BCUT2D eigenvalue weighted by Crippen LogP contribution is 2.17. The first-order valence-electron chi connectivity index (χ1n) is 6.75. The fraction of sp³-hybridized carbons (Fsp3) is 0.857. The van der Waals surface area contributed by atoms with Gasteiger partial charge in [0.2, 0.25) is 0 Å².